The lowest BCUT2D eigenvalue weighted by Crippen LogP contribution is -2.33. The van der Waals surface area contributed by atoms with Gasteiger partial charge in [0, 0.05) is 37.2 Å². The first-order chi connectivity index (χ1) is 15.4. The zero-order valence-electron chi connectivity index (χ0n) is 19.2. The summed E-state index contributed by atoms with van der Waals surface area (Å²) in [5.41, 5.74) is 2.47. The van der Waals surface area contributed by atoms with Gasteiger partial charge in [0.2, 0.25) is 5.91 Å². The van der Waals surface area contributed by atoms with E-state index >= 15 is 0 Å². The van der Waals surface area contributed by atoms with Crippen LogP contribution in [0.5, 0.6) is 5.75 Å². The molecule has 0 radical (unpaired) electrons. The Morgan fingerprint density at radius 3 is 2.59 bits per heavy atom. The fourth-order valence-electron chi connectivity index (χ4n) is 3.91. The van der Waals surface area contributed by atoms with Gasteiger partial charge in [-0.15, -0.1) is 0 Å². The predicted octanol–water partition coefficient (Wildman–Crippen LogP) is 5.90. The van der Waals surface area contributed by atoms with Crippen molar-refractivity contribution in [1.82, 2.24) is 0 Å². The number of hydrogen-bond acceptors (Lipinski definition) is 4. The van der Waals surface area contributed by atoms with Crippen molar-refractivity contribution in [2.24, 2.45) is 5.92 Å². The Bertz CT molecular complexity index is 936. The highest BCUT2D eigenvalue weighted by molar-refractivity contribution is 5.92. The summed E-state index contributed by atoms with van der Waals surface area (Å²) in [5.74, 6) is 0.0717. The molecule has 6 heteroatoms. The van der Waals surface area contributed by atoms with E-state index in [4.69, 9.17) is 4.74 Å². The van der Waals surface area contributed by atoms with E-state index in [2.05, 4.69) is 11.4 Å². The molecule has 0 aliphatic carbocycles. The molecule has 2 aromatic rings. The Morgan fingerprint density at radius 1 is 1.16 bits per heavy atom. The van der Waals surface area contributed by atoms with Crippen molar-refractivity contribution >= 4 is 23.3 Å². The van der Waals surface area contributed by atoms with Crippen LogP contribution in [-0.2, 0) is 9.59 Å². The van der Waals surface area contributed by atoms with Crippen molar-refractivity contribution in [3.8, 4) is 5.75 Å². The molecule has 2 aromatic carbocycles. The van der Waals surface area contributed by atoms with Crippen molar-refractivity contribution in [3.63, 3.8) is 0 Å². The summed E-state index contributed by atoms with van der Waals surface area (Å²) < 4.78 is 19.9. The van der Waals surface area contributed by atoms with E-state index in [0.29, 0.717) is 36.9 Å². The molecule has 1 N–H and O–H groups in total. The number of esters is 1. The Balaban J connectivity index is 1.63. The molecule has 0 atom stereocenters. The van der Waals surface area contributed by atoms with Gasteiger partial charge in [-0.3, -0.25) is 9.59 Å². The summed E-state index contributed by atoms with van der Waals surface area (Å²) in [7, 11) is 0. The van der Waals surface area contributed by atoms with Crippen LogP contribution in [0.1, 0.15) is 64.4 Å². The van der Waals surface area contributed by atoms with Crippen LogP contribution in [0.3, 0.4) is 0 Å². The molecule has 1 fully saturated rings. The fraction of sp³-hybridized carbons (Fsp3) is 0.462. The molecular formula is C26H33FN2O3. The zero-order chi connectivity index (χ0) is 23.1. The van der Waals surface area contributed by atoms with Gasteiger partial charge in [-0.05, 0) is 55.0 Å². The lowest BCUT2D eigenvalue weighted by molar-refractivity contribution is -0.134. The number of piperidine rings is 1. The number of benzene rings is 2. The van der Waals surface area contributed by atoms with E-state index in [1.54, 1.807) is 6.07 Å². The average molecular weight is 441 g/mol. The molecule has 1 amide bonds. The lowest BCUT2D eigenvalue weighted by atomic mass is 9.89. The van der Waals surface area contributed by atoms with Gasteiger partial charge in [-0.25, -0.2) is 4.39 Å². The predicted molar refractivity (Wildman–Crippen MR) is 126 cm³/mol. The summed E-state index contributed by atoms with van der Waals surface area (Å²) in [5, 5.41) is 2.96. The minimum absolute atomic E-state index is 0.00252. The molecule has 1 aliphatic rings. The third-order valence-corrected chi connectivity index (χ3v) is 5.87. The van der Waals surface area contributed by atoms with Gasteiger partial charge >= 0.3 is 5.97 Å². The van der Waals surface area contributed by atoms with Crippen molar-refractivity contribution < 1.29 is 18.7 Å². The molecule has 0 aromatic heterocycles. The lowest BCUT2D eigenvalue weighted by Gasteiger charge is -2.34. The molecule has 1 heterocycles. The van der Waals surface area contributed by atoms with E-state index in [-0.39, 0.29) is 23.6 Å². The van der Waals surface area contributed by atoms with E-state index < -0.39 is 0 Å². The summed E-state index contributed by atoms with van der Waals surface area (Å²) >= 11 is 0. The number of unbranched alkanes of at least 4 members (excludes halogenated alkanes) is 1. The largest absolute Gasteiger partial charge is 0.426 e. The number of ether oxygens (including phenoxy) is 1. The maximum atomic E-state index is 14.5. The van der Waals surface area contributed by atoms with Crippen LogP contribution in [-0.4, -0.2) is 25.0 Å². The smallest absolute Gasteiger partial charge is 0.311 e. The molecule has 172 valence electrons. The standard InChI is InChI=1S/C26H33FN2O3/c1-4-5-9-25(30)32-22-10-11-23(27)24(17-22)29-14-12-19(13-15-29)20-7-6-8-21(16-20)28-26(31)18(2)3/h6-8,10-11,16-19H,4-5,9,12-15H2,1-3H3,(H,28,31). The van der Waals surface area contributed by atoms with E-state index in [1.165, 1.54) is 17.7 Å². The first kappa shape index (κ1) is 23.8. The van der Waals surface area contributed by atoms with Crippen LogP contribution in [0, 0.1) is 11.7 Å². The molecule has 5 nitrogen and oxygen atoms in total. The third-order valence-electron chi connectivity index (χ3n) is 5.87. The molecule has 1 aliphatic heterocycles. The molecule has 3 rings (SSSR count). The molecule has 0 bridgehead atoms. The molecule has 32 heavy (non-hydrogen) atoms. The van der Waals surface area contributed by atoms with Crippen LogP contribution in [0.2, 0.25) is 0 Å². The van der Waals surface area contributed by atoms with Crippen molar-refractivity contribution in [3.05, 3.63) is 53.8 Å². The monoisotopic (exact) mass is 440 g/mol. The normalized spacial score (nSPS) is 14.5. The van der Waals surface area contributed by atoms with Crippen LogP contribution < -0.4 is 15.0 Å². The van der Waals surface area contributed by atoms with Crippen molar-refractivity contribution in [2.75, 3.05) is 23.3 Å². The van der Waals surface area contributed by atoms with Gasteiger partial charge in [0.15, 0.2) is 0 Å². The van der Waals surface area contributed by atoms with E-state index in [9.17, 15) is 14.0 Å². The Labute approximate surface area is 190 Å². The molecule has 1 saturated heterocycles. The number of nitrogens with one attached hydrogen (secondary N) is 1. The average Bonchev–Trinajstić information content (AvgIpc) is 2.79. The van der Waals surface area contributed by atoms with Gasteiger partial charge in [-0.1, -0.05) is 39.3 Å². The summed E-state index contributed by atoms with van der Waals surface area (Å²) in [6.45, 7) is 7.17. The minimum Gasteiger partial charge on any atom is -0.426 e. The van der Waals surface area contributed by atoms with Crippen molar-refractivity contribution in [1.29, 1.82) is 0 Å². The quantitative estimate of drug-likeness (QED) is 0.410. The van der Waals surface area contributed by atoms with Crippen molar-refractivity contribution in [2.45, 2.75) is 58.8 Å². The van der Waals surface area contributed by atoms with E-state index in [1.807, 2.05) is 43.9 Å². The summed E-state index contributed by atoms with van der Waals surface area (Å²) in [4.78, 5) is 25.9. The second-order valence-corrected chi connectivity index (χ2v) is 8.72. The Hall–Kier alpha value is -2.89. The minimum atomic E-state index is -0.310. The number of carbonyl (C=O) groups is 2. The second-order valence-electron chi connectivity index (χ2n) is 8.72. The Kier molecular flexibility index (Phi) is 8.26. The maximum absolute atomic E-state index is 14.5. The second kappa shape index (κ2) is 11.1. The fourth-order valence-corrected chi connectivity index (χ4v) is 3.91. The van der Waals surface area contributed by atoms with Crippen LogP contribution >= 0.6 is 0 Å². The number of rotatable bonds is 8. The first-order valence-electron chi connectivity index (χ1n) is 11.5. The zero-order valence-corrected chi connectivity index (χ0v) is 19.2. The highest BCUT2D eigenvalue weighted by Gasteiger charge is 2.23. The van der Waals surface area contributed by atoms with Gasteiger partial charge in [-0.2, -0.15) is 0 Å². The third kappa shape index (κ3) is 6.31. The molecule has 0 spiro atoms. The molecular weight excluding hydrogens is 407 g/mol. The van der Waals surface area contributed by atoms with Crippen LogP contribution in [0.25, 0.3) is 0 Å². The summed E-state index contributed by atoms with van der Waals surface area (Å²) in [6, 6.07) is 12.5. The van der Waals surface area contributed by atoms with Gasteiger partial charge in [0.25, 0.3) is 0 Å². The highest BCUT2D eigenvalue weighted by Crippen LogP contribution is 2.34. The van der Waals surface area contributed by atoms with Crippen LogP contribution in [0.15, 0.2) is 42.5 Å². The number of halogens is 1. The SMILES string of the molecule is CCCCC(=O)Oc1ccc(F)c(N2CCC(c3cccc(NC(=O)C(C)C)c3)CC2)c1. The topological polar surface area (TPSA) is 58.6 Å². The van der Waals surface area contributed by atoms with Gasteiger partial charge in [0.1, 0.15) is 11.6 Å². The number of nitrogens with zero attached hydrogens (tertiary/aromatic N) is 1. The van der Waals surface area contributed by atoms with Crippen LogP contribution in [0.4, 0.5) is 15.8 Å². The maximum Gasteiger partial charge on any atom is 0.311 e. The first-order valence-corrected chi connectivity index (χ1v) is 11.5. The number of hydrogen-bond donors (Lipinski definition) is 1. The molecule has 0 unspecified atom stereocenters. The molecule has 0 saturated carbocycles. The highest BCUT2D eigenvalue weighted by atomic mass is 19.1. The van der Waals surface area contributed by atoms with Gasteiger partial charge < -0.3 is 15.0 Å². The Morgan fingerprint density at radius 2 is 1.91 bits per heavy atom. The summed E-state index contributed by atoms with van der Waals surface area (Å²) in [6.07, 6.45) is 3.82. The number of amides is 1. The number of carbonyl (C=O) groups excluding carboxylic acids is 2. The number of anilines is 2. The van der Waals surface area contributed by atoms with E-state index in [0.717, 1.165) is 31.4 Å². The van der Waals surface area contributed by atoms with Gasteiger partial charge in [0.05, 0.1) is 5.69 Å².